The van der Waals surface area contributed by atoms with Crippen molar-refractivity contribution in [1.82, 2.24) is 9.55 Å². The topological polar surface area (TPSA) is 27.1 Å². The maximum atomic E-state index is 6.38. The predicted molar refractivity (Wildman–Crippen MR) is 115 cm³/mol. The lowest BCUT2D eigenvalue weighted by Crippen LogP contribution is -2.12. The molecule has 4 heteroatoms. The summed E-state index contributed by atoms with van der Waals surface area (Å²) >= 11 is 6.38. The van der Waals surface area contributed by atoms with Gasteiger partial charge in [-0.3, -0.25) is 0 Å². The minimum Gasteiger partial charge on any atom is -0.492 e. The molecule has 0 spiro atoms. The Balaban J connectivity index is 1.59. The Morgan fingerprint density at radius 3 is 2.43 bits per heavy atom. The van der Waals surface area contributed by atoms with Crippen LogP contribution in [0.2, 0.25) is 5.02 Å². The summed E-state index contributed by atoms with van der Waals surface area (Å²) in [6.45, 7) is 5.49. The van der Waals surface area contributed by atoms with Crippen molar-refractivity contribution >= 4 is 22.6 Å². The van der Waals surface area contributed by atoms with Gasteiger partial charge >= 0.3 is 0 Å². The average molecular weight is 391 g/mol. The van der Waals surface area contributed by atoms with Gasteiger partial charge in [-0.25, -0.2) is 4.98 Å². The third kappa shape index (κ3) is 4.05. The lowest BCUT2D eigenvalue weighted by molar-refractivity contribution is 0.298. The zero-order chi connectivity index (χ0) is 19.5. The SMILES string of the molecule is Cc1cc(C)cc(OCCn2c(Cc3ccccc3Cl)nc3ccccc32)c1. The molecule has 0 aliphatic heterocycles. The minimum atomic E-state index is 0.582. The zero-order valence-corrected chi connectivity index (χ0v) is 16.9. The number of rotatable bonds is 6. The summed E-state index contributed by atoms with van der Waals surface area (Å²) in [5, 5.41) is 0.771. The first kappa shape index (κ1) is 18.6. The van der Waals surface area contributed by atoms with E-state index in [1.165, 1.54) is 11.1 Å². The molecule has 0 fully saturated rings. The molecule has 4 aromatic rings. The lowest BCUT2D eigenvalue weighted by atomic mass is 10.1. The molecule has 1 aromatic heterocycles. The summed E-state index contributed by atoms with van der Waals surface area (Å²) in [4.78, 5) is 4.85. The molecule has 142 valence electrons. The van der Waals surface area contributed by atoms with Crippen LogP contribution < -0.4 is 4.74 Å². The highest BCUT2D eigenvalue weighted by atomic mass is 35.5. The molecular formula is C24H23ClN2O. The van der Waals surface area contributed by atoms with E-state index in [9.17, 15) is 0 Å². The number of benzene rings is 3. The first-order valence-electron chi connectivity index (χ1n) is 9.49. The molecule has 3 aromatic carbocycles. The Kier molecular flexibility index (Phi) is 5.36. The van der Waals surface area contributed by atoms with Gasteiger partial charge in [0.05, 0.1) is 17.6 Å². The van der Waals surface area contributed by atoms with Gasteiger partial charge in [-0.05, 0) is 60.9 Å². The van der Waals surface area contributed by atoms with E-state index in [-0.39, 0.29) is 0 Å². The van der Waals surface area contributed by atoms with Gasteiger partial charge in [-0.2, -0.15) is 0 Å². The number of halogens is 1. The van der Waals surface area contributed by atoms with Gasteiger partial charge in [0.1, 0.15) is 18.2 Å². The monoisotopic (exact) mass is 390 g/mol. The Bertz CT molecular complexity index is 1100. The van der Waals surface area contributed by atoms with E-state index in [1.54, 1.807) is 0 Å². The van der Waals surface area contributed by atoms with Crippen molar-refractivity contribution < 1.29 is 4.74 Å². The van der Waals surface area contributed by atoms with Gasteiger partial charge in [-0.1, -0.05) is 48.0 Å². The summed E-state index contributed by atoms with van der Waals surface area (Å²) in [5.41, 5.74) is 5.62. The number of aromatic nitrogens is 2. The first-order chi connectivity index (χ1) is 13.6. The molecule has 3 nitrogen and oxygen atoms in total. The maximum absolute atomic E-state index is 6.38. The number of hydrogen-bond acceptors (Lipinski definition) is 2. The fourth-order valence-corrected chi connectivity index (χ4v) is 3.80. The summed E-state index contributed by atoms with van der Waals surface area (Å²) in [6.07, 6.45) is 0.692. The van der Waals surface area contributed by atoms with Gasteiger partial charge in [0, 0.05) is 11.4 Å². The van der Waals surface area contributed by atoms with Gasteiger partial charge in [-0.15, -0.1) is 0 Å². The largest absolute Gasteiger partial charge is 0.492 e. The number of para-hydroxylation sites is 2. The van der Waals surface area contributed by atoms with Crippen LogP contribution in [0.25, 0.3) is 11.0 Å². The Morgan fingerprint density at radius 1 is 0.929 bits per heavy atom. The molecule has 0 saturated heterocycles. The Hall–Kier alpha value is -2.78. The molecule has 0 amide bonds. The molecule has 0 aliphatic carbocycles. The second-order valence-electron chi connectivity index (χ2n) is 7.11. The van der Waals surface area contributed by atoms with Crippen LogP contribution in [0.1, 0.15) is 22.5 Å². The number of nitrogens with zero attached hydrogens (tertiary/aromatic N) is 2. The molecule has 4 rings (SSSR count). The highest BCUT2D eigenvalue weighted by molar-refractivity contribution is 6.31. The summed E-state index contributed by atoms with van der Waals surface area (Å²) in [6, 6.07) is 22.5. The average Bonchev–Trinajstić information content (AvgIpc) is 3.00. The van der Waals surface area contributed by atoms with Crippen molar-refractivity contribution in [2.45, 2.75) is 26.8 Å². The molecule has 0 radical (unpaired) electrons. The van der Waals surface area contributed by atoms with Crippen LogP contribution in [0, 0.1) is 13.8 Å². The van der Waals surface area contributed by atoms with E-state index in [2.05, 4.69) is 48.7 Å². The number of hydrogen-bond donors (Lipinski definition) is 0. The Morgan fingerprint density at radius 2 is 1.64 bits per heavy atom. The number of imidazole rings is 1. The van der Waals surface area contributed by atoms with E-state index < -0.39 is 0 Å². The third-order valence-corrected chi connectivity index (χ3v) is 5.19. The van der Waals surface area contributed by atoms with E-state index in [1.807, 2.05) is 36.4 Å². The molecule has 1 heterocycles. The van der Waals surface area contributed by atoms with Crippen molar-refractivity contribution in [2.24, 2.45) is 0 Å². The van der Waals surface area contributed by atoms with Crippen molar-refractivity contribution in [3.8, 4) is 5.75 Å². The molecule has 0 atom stereocenters. The Labute approximate surface area is 170 Å². The predicted octanol–water partition coefficient (Wildman–Crippen LogP) is 5.98. The van der Waals surface area contributed by atoms with Crippen LogP contribution in [-0.4, -0.2) is 16.2 Å². The second kappa shape index (κ2) is 8.07. The molecule has 0 aliphatic rings. The van der Waals surface area contributed by atoms with E-state index in [4.69, 9.17) is 21.3 Å². The van der Waals surface area contributed by atoms with E-state index in [0.29, 0.717) is 13.0 Å². The first-order valence-corrected chi connectivity index (χ1v) is 9.86. The minimum absolute atomic E-state index is 0.582. The molecule has 0 bridgehead atoms. The number of ether oxygens (including phenoxy) is 1. The van der Waals surface area contributed by atoms with Crippen molar-refractivity contribution in [3.05, 3.63) is 94.3 Å². The fourth-order valence-electron chi connectivity index (χ4n) is 3.59. The van der Waals surface area contributed by atoms with Crippen LogP contribution in [0.5, 0.6) is 5.75 Å². The fraction of sp³-hybridized carbons (Fsp3) is 0.208. The standard InChI is InChI=1S/C24H23ClN2O/c1-17-13-18(2)15-20(14-17)28-12-11-27-23-10-6-5-9-22(23)26-24(27)16-19-7-3-4-8-21(19)25/h3-10,13-15H,11-12,16H2,1-2H3. The number of aryl methyl sites for hydroxylation is 2. The van der Waals surface area contributed by atoms with Gasteiger partial charge < -0.3 is 9.30 Å². The smallest absolute Gasteiger partial charge is 0.119 e. The van der Waals surface area contributed by atoms with Gasteiger partial charge in [0.15, 0.2) is 0 Å². The van der Waals surface area contributed by atoms with Crippen molar-refractivity contribution in [3.63, 3.8) is 0 Å². The summed E-state index contributed by atoms with van der Waals surface area (Å²) < 4.78 is 8.28. The summed E-state index contributed by atoms with van der Waals surface area (Å²) in [5.74, 6) is 1.91. The molecule has 0 N–H and O–H groups in total. The molecule has 28 heavy (non-hydrogen) atoms. The van der Waals surface area contributed by atoms with Crippen LogP contribution >= 0.6 is 11.6 Å². The van der Waals surface area contributed by atoms with Gasteiger partial charge in [0.2, 0.25) is 0 Å². The maximum Gasteiger partial charge on any atom is 0.119 e. The highest BCUT2D eigenvalue weighted by Crippen LogP contribution is 2.23. The quantitative estimate of drug-likeness (QED) is 0.405. The van der Waals surface area contributed by atoms with Gasteiger partial charge in [0.25, 0.3) is 0 Å². The van der Waals surface area contributed by atoms with E-state index >= 15 is 0 Å². The molecule has 0 saturated carbocycles. The zero-order valence-electron chi connectivity index (χ0n) is 16.2. The third-order valence-electron chi connectivity index (χ3n) is 4.82. The van der Waals surface area contributed by atoms with Crippen molar-refractivity contribution in [1.29, 1.82) is 0 Å². The van der Waals surface area contributed by atoms with Crippen LogP contribution in [0.4, 0.5) is 0 Å². The molecule has 0 unspecified atom stereocenters. The summed E-state index contributed by atoms with van der Waals surface area (Å²) in [7, 11) is 0. The second-order valence-corrected chi connectivity index (χ2v) is 7.52. The normalized spacial score (nSPS) is 11.1. The molecular weight excluding hydrogens is 368 g/mol. The van der Waals surface area contributed by atoms with Crippen LogP contribution in [-0.2, 0) is 13.0 Å². The highest BCUT2D eigenvalue weighted by Gasteiger charge is 2.12. The van der Waals surface area contributed by atoms with Crippen LogP contribution in [0.3, 0.4) is 0 Å². The van der Waals surface area contributed by atoms with Crippen LogP contribution in [0.15, 0.2) is 66.7 Å². The van der Waals surface area contributed by atoms with E-state index in [0.717, 1.165) is 39.7 Å². The number of fused-ring (bicyclic) bond motifs is 1. The van der Waals surface area contributed by atoms with Crippen molar-refractivity contribution in [2.75, 3.05) is 6.61 Å². The lowest BCUT2D eigenvalue weighted by Gasteiger charge is -2.12.